The zero-order valence-electron chi connectivity index (χ0n) is 20.2. The van der Waals surface area contributed by atoms with Crippen LogP contribution in [0, 0.1) is 24.2 Å². The first-order valence-corrected chi connectivity index (χ1v) is 12.1. The van der Waals surface area contributed by atoms with Crippen molar-refractivity contribution >= 4 is 23.5 Å². The van der Waals surface area contributed by atoms with Crippen molar-refractivity contribution in [1.29, 1.82) is 0 Å². The van der Waals surface area contributed by atoms with Gasteiger partial charge in [-0.1, -0.05) is 0 Å². The summed E-state index contributed by atoms with van der Waals surface area (Å²) in [6.45, 7) is 9.47. The van der Waals surface area contributed by atoms with E-state index in [9.17, 15) is 9.59 Å². The molecule has 0 aliphatic carbocycles. The molecule has 5 rings (SSSR count). The maximum atomic E-state index is 13.0. The number of likely N-dealkylation sites (tertiary alicyclic amines) is 1. The van der Waals surface area contributed by atoms with Gasteiger partial charge in [0.2, 0.25) is 5.91 Å². The molecule has 0 spiro atoms. The third-order valence-corrected chi connectivity index (χ3v) is 6.86. The lowest BCUT2D eigenvalue weighted by molar-refractivity contribution is -0.135. The van der Waals surface area contributed by atoms with Crippen LogP contribution < -0.4 is 4.90 Å². The fraction of sp³-hybridized carbons (Fsp3) is 0.600. The number of fused-ring (bicyclic) bond motifs is 2. The van der Waals surface area contributed by atoms with E-state index in [-0.39, 0.29) is 23.8 Å². The van der Waals surface area contributed by atoms with E-state index in [2.05, 4.69) is 15.9 Å². The van der Waals surface area contributed by atoms with Crippen LogP contribution in [0.2, 0.25) is 0 Å². The van der Waals surface area contributed by atoms with E-state index in [1.165, 1.54) is 0 Å². The van der Waals surface area contributed by atoms with Crippen molar-refractivity contribution in [3.8, 4) is 12.3 Å². The number of carbonyl (C=O) groups is 2. The van der Waals surface area contributed by atoms with Crippen LogP contribution in [-0.2, 0) is 22.4 Å². The molecule has 1 unspecified atom stereocenters. The van der Waals surface area contributed by atoms with Gasteiger partial charge in [0.15, 0.2) is 5.65 Å². The van der Waals surface area contributed by atoms with E-state index in [0.29, 0.717) is 45.6 Å². The van der Waals surface area contributed by atoms with E-state index in [1.54, 1.807) is 11.1 Å². The van der Waals surface area contributed by atoms with Gasteiger partial charge in [0.05, 0.1) is 17.8 Å². The van der Waals surface area contributed by atoms with Crippen LogP contribution in [0.5, 0.6) is 0 Å². The number of rotatable bonds is 2. The quantitative estimate of drug-likeness (QED) is 0.632. The summed E-state index contributed by atoms with van der Waals surface area (Å²) in [4.78, 5) is 36.4. The third kappa shape index (κ3) is 4.17. The van der Waals surface area contributed by atoms with Gasteiger partial charge < -0.3 is 19.4 Å². The maximum absolute atomic E-state index is 13.0. The van der Waals surface area contributed by atoms with Crippen LogP contribution in [0.4, 0.5) is 10.6 Å². The second-order valence-corrected chi connectivity index (χ2v) is 10.5. The second kappa shape index (κ2) is 8.49. The van der Waals surface area contributed by atoms with E-state index in [0.717, 1.165) is 35.7 Å². The Kier molecular flexibility index (Phi) is 5.62. The molecule has 0 radical (unpaired) electrons. The van der Waals surface area contributed by atoms with Crippen molar-refractivity contribution in [2.45, 2.75) is 45.6 Å². The molecule has 2 aromatic rings. The lowest BCUT2D eigenvalue weighted by Crippen LogP contribution is -2.55. The molecular weight excluding hydrogens is 432 g/mol. The Morgan fingerprint density at radius 3 is 2.59 bits per heavy atom. The molecule has 1 atom stereocenters. The number of ether oxygens (including phenoxy) is 1. The number of hydrogen-bond acceptors (Lipinski definition) is 6. The van der Waals surface area contributed by atoms with Crippen molar-refractivity contribution in [1.82, 2.24) is 24.4 Å². The summed E-state index contributed by atoms with van der Waals surface area (Å²) in [7, 11) is 0. The van der Waals surface area contributed by atoms with Crippen LogP contribution in [-0.4, -0.2) is 81.3 Å². The predicted octanol–water partition coefficient (Wildman–Crippen LogP) is 1.98. The van der Waals surface area contributed by atoms with Gasteiger partial charge in [-0.05, 0) is 33.6 Å². The Labute approximate surface area is 200 Å². The largest absolute Gasteiger partial charge is 0.444 e. The third-order valence-electron chi connectivity index (χ3n) is 6.86. The Hall–Kier alpha value is -3.28. The average Bonchev–Trinajstić information content (AvgIpc) is 3.36. The molecule has 9 nitrogen and oxygen atoms in total. The normalized spacial score (nSPS) is 21.1. The fourth-order valence-corrected chi connectivity index (χ4v) is 5.07. The molecule has 2 saturated heterocycles. The standard InChI is InChI=1S/C25H32N6O3/c1-5-17-7-11-29(14-17)23(32)18-15-30(16-18)22-19-8-12-28(24(33)34-25(2,3)4)13-9-20(19)27-21-6-10-26-31(21)22/h1,6,10,17-18H,7-9,11-16H2,2-4H3. The molecule has 180 valence electrons. The monoisotopic (exact) mass is 464 g/mol. The minimum absolute atomic E-state index is 0.0324. The minimum atomic E-state index is -0.533. The summed E-state index contributed by atoms with van der Waals surface area (Å²) in [6, 6.07) is 1.90. The van der Waals surface area contributed by atoms with E-state index in [1.807, 2.05) is 36.3 Å². The maximum Gasteiger partial charge on any atom is 0.410 e. The molecule has 3 aliphatic heterocycles. The summed E-state index contributed by atoms with van der Waals surface area (Å²) in [6.07, 6.45) is 9.22. The van der Waals surface area contributed by atoms with Gasteiger partial charge in [-0.25, -0.2) is 9.78 Å². The first-order valence-electron chi connectivity index (χ1n) is 12.1. The number of carbonyl (C=O) groups excluding carboxylic acids is 2. The van der Waals surface area contributed by atoms with Crippen LogP contribution >= 0.6 is 0 Å². The summed E-state index contributed by atoms with van der Waals surface area (Å²) >= 11 is 0. The van der Waals surface area contributed by atoms with Gasteiger partial charge in [0.25, 0.3) is 0 Å². The van der Waals surface area contributed by atoms with Gasteiger partial charge in [-0.2, -0.15) is 9.61 Å². The van der Waals surface area contributed by atoms with Gasteiger partial charge in [-0.15, -0.1) is 12.3 Å². The Morgan fingerprint density at radius 1 is 1.12 bits per heavy atom. The highest BCUT2D eigenvalue weighted by molar-refractivity contribution is 5.82. The molecule has 0 N–H and O–H groups in total. The lowest BCUT2D eigenvalue weighted by Gasteiger charge is -2.42. The van der Waals surface area contributed by atoms with Crippen LogP contribution in [0.3, 0.4) is 0 Å². The second-order valence-electron chi connectivity index (χ2n) is 10.5. The molecule has 0 bridgehead atoms. The van der Waals surface area contributed by atoms with E-state index < -0.39 is 5.60 Å². The highest BCUT2D eigenvalue weighted by Crippen LogP contribution is 2.33. The van der Waals surface area contributed by atoms with Gasteiger partial charge in [-0.3, -0.25) is 4.79 Å². The fourth-order valence-electron chi connectivity index (χ4n) is 5.07. The van der Waals surface area contributed by atoms with Gasteiger partial charge in [0.1, 0.15) is 11.4 Å². The predicted molar refractivity (Wildman–Crippen MR) is 127 cm³/mol. The molecule has 34 heavy (non-hydrogen) atoms. The number of nitrogens with zero attached hydrogens (tertiary/aromatic N) is 6. The topological polar surface area (TPSA) is 83.3 Å². The van der Waals surface area contributed by atoms with Crippen molar-refractivity contribution in [3.63, 3.8) is 0 Å². The van der Waals surface area contributed by atoms with Crippen molar-refractivity contribution in [3.05, 3.63) is 23.5 Å². The van der Waals surface area contributed by atoms with Crippen molar-refractivity contribution < 1.29 is 14.3 Å². The summed E-state index contributed by atoms with van der Waals surface area (Å²) in [5.74, 6) is 4.11. The molecule has 0 aromatic carbocycles. The van der Waals surface area contributed by atoms with Crippen LogP contribution in [0.1, 0.15) is 38.4 Å². The summed E-state index contributed by atoms with van der Waals surface area (Å²) < 4.78 is 7.46. The van der Waals surface area contributed by atoms with Crippen molar-refractivity contribution in [2.24, 2.45) is 11.8 Å². The summed E-state index contributed by atoms with van der Waals surface area (Å²) in [5.41, 5.74) is 2.34. The molecule has 2 fully saturated rings. The molecule has 2 aromatic heterocycles. The number of aromatic nitrogens is 3. The molecule has 5 heterocycles. The lowest BCUT2D eigenvalue weighted by atomic mass is 9.96. The smallest absolute Gasteiger partial charge is 0.410 e. The van der Waals surface area contributed by atoms with E-state index in [4.69, 9.17) is 16.1 Å². The molecule has 9 heteroatoms. The molecule has 3 aliphatic rings. The Morgan fingerprint density at radius 2 is 1.88 bits per heavy atom. The average molecular weight is 465 g/mol. The molecule has 2 amide bonds. The van der Waals surface area contributed by atoms with E-state index >= 15 is 0 Å². The van der Waals surface area contributed by atoms with Crippen LogP contribution in [0.25, 0.3) is 5.65 Å². The minimum Gasteiger partial charge on any atom is -0.444 e. The molecule has 0 saturated carbocycles. The number of hydrogen-bond donors (Lipinski definition) is 0. The Balaban J connectivity index is 1.34. The number of anilines is 1. The summed E-state index contributed by atoms with van der Waals surface area (Å²) in [5, 5.41) is 4.52. The zero-order chi connectivity index (χ0) is 24.0. The SMILES string of the molecule is C#CC1CCN(C(=O)C2CN(c3c4c(nc5ccnn35)CCN(C(=O)OC(C)(C)C)CC4)C2)C1. The van der Waals surface area contributed by atoms with Gasteiger partial charge >= 0.3 is 6.09 Å². The first-order chi connectivity index (χ1) is 16.2. The first kappa shape index (κ1) is 22.5. The molecular formula is C25H32N6O3. The Bertz CT molecular complexity index is 1150. The number of amides is 2. The highest BCUT2D eigenvalue weighted by Gasteiger charge is 2.40. The van der Waals surface area contributed by atoms with Crippen LogP contribution in [0.15, 0.2) is 12.3 Å². The highest BCUT2D eigenvalue weighted by atomic mass is 16.6. The van der Waals surface area contributed by atoms with Gasteiger partial charge in [0, 0.05) is 63.2 Å². The van der Waals surface area contributed by atoms with Crippen molar-refractivity contribution in [2.75, 3.05) is 44.2 Å². The zero-order valence-corrected chi connectivity index (χ0v) is 20.2. The number of terminal acetylenes is 1.